The number of halogens is 4. The first-order valence-corrected chi connectivity index (χ1v) is 10.7. The van der Waals surface area contributed by atoms with Gasteiger partial charge in [-0.15, -0.1) is 0 Å². The van der Waals surface area contributed by atoms with Gasteiger partial charge in [0.25, 0.3) is 10.8 Å². The van der Waals surface area contributed by atoms with Crippen LogP contribution in [0.3, 0.4) is 0 Å². The first-order valence-electron chi connectivity index (χ1n) is 9.42. The molecule has 186 valence electrons. The summed E-state index contributed by atoms with van der Waals surface area (Å²) >= 11 is 6.16. The lowest BCUT2D eigenvalue weighted by molar-refractivity contribution is -0.385. The van der Waals surface area contributed by atoms with Crippen molar-refractivity contribution in [1.29, 1.82) is 0 Å². The van der Waals surface area contributed by atoms with Gasteiger partial charge >= 0.3 is 12.1 Å². The van der Waals surface area contributed by atoms with Crippen LogP contribution in [0.5, 0.6) is 11.5 Å². The fourth-order valence-electron chi connectivity index (χ4n) is 2.60. The van der Waals surface area contributed by atoms with E-state index in [4.69, 9.17) is 16.3 Å². The second-order valence-electron chi connectivity index (χ2n) is 6.77. The number of nitro benzene ring substituents is 1. The molecule has 9 nitrogen and oxygen atoms in total. The average molecular weight is 534 g/mol. The lowest BCUT2D eigenvalue weighted by Gasteiger charge is -2.12. The normalized spacial score (nSPS) is 11.9. The molecule has 35 heavy (non-hydrogen) atoms. The van der Waals surface area contributed by atoms with Gasteiger partial charge in [-0.3, -0.25) is 29.3 Å². The van der Waals surface area contributed by atoms with Gasteiger partial charge in [0.2, 0.25) is 5.78 Å². The van der Waals surface area contributed by atoms with Crippen molar-refractivity contribution in [3.05, 3.63) is 62.7 Å². The van der Waals surface area contributed by atoms with Crippen molar-refractivity contribution < 1.29 is 46.7 Å². The zero-order valence-corrected chi connectivity index (χ0v) is 19.5. The number of nitro groups is 1. The average Bonchev–Trinajstić information content (AvgIpc) is 2.78. The number of ether oxygens (including phenoxy) is 2. The Morgan fingerprint density at radius 3 is 2.34 bits per heavy atom. The Kier molecular flexibility index (Phi) is 8.99. The van der Waals surface area contributed by atoms with Crippen molar-refractivity contribution in [2.75, 3.05) is 7.11 Å². The van der Waals surface area contributed by atoms with E-state index in [2.05, 4.69) is 4.74 Å². The van der Waals surface area contributed by atoms with E-state index in [0.29, 0.717) is 23.9 Å². The summed E-state index contributed by atoms with van der Waals surface area (Å²) in [6, 6.07) is 5.11. The van der Waals surface area contributed by atoms with Gasteiger partial charge < -0.3 is 9.47 Å². The van der Waals surface area contributed by atoms with Gasteiger partial charge in [0.05, 0.1) is 34.6 Å². The number of hydrogen-bond acceptors (Lipinski definition) is 9. The SMILES string of the molecule is COC(=O)C(C)SC(=O)C(=O)CC(=O)c1cc(Oc2ccc(C(F)(F)F)cc2Cl)ccc1[N+](=O)[O-]. The minimum atomic E-state index is -4.65. The lowest BCUT2D eigenvalue weighted by atomic mass is 10.0. The molecule has 0 heterocycles. The highest BCUT2D eigenvalue weighted by Gasteiger charge is 2.31. The summed E-state index contributed by atoms with van der Waals surface area (Å²) < 4.78 is 48.2. The highest BCUT2D eigenvalue weighted by atomic mass is 35.5. The molecule has 0 aliphatic heterocycles. The molecule has 0 aliphatic carbocycles. The van der Waals surface area contributed by atoms with Gasteiger partial charge in [-0.2, -0.15) is 13.2 Å². The topological polar surface area (TPSA) is 130 Å². The van der Waals surface area contributed by atoms with Crippen LogP contribution in [0.2, 0.25) is 5.02 Å². The third-order valence-corrected chi connectivity index (χ3v) is 5.60. The predicted octanol–water partition coefficient (Wildman–Crippen LogP) is 5.02. The quantitative estimate of drug-likeness (QED) is 0.109. The van der Waals surface area contributed by atoms with Gasteiger partial charge in [0, 0.05) is 6.07 Å². The highest BCUT2D eigenvalue weighted by molar-refractivity contribution is 8.16. The van der Waals surface area contributed by atoms with E-state index in [1.54, 1.807) is 0 Å². The van der Waals surface area contributed by atoms with Gasteiger partial charge in [-0.05, 0) is 37.3 Å². The first kappa shape index (κ1) is 27.8. The molecule has 0 saturated carbocycles. The molecule has 0 aromatic heterocycles. The van der Waals surface area contributed by atoms with Gasteiger partial charge in [0.15, 0.2) is 5.78 Å². The Labute approximate surface area is 204 Å². The van der Waals surface area contributed by atoms with Crippen molar-refractivity contribution in [2.45, 2.75) is 24.8 Å². The molecule has 2 rings (SSSR count). The van der Waals surface area contributed by atoms with Crippen LogP contribution in [0.15, 0.2) is 36.4 Å². The molecular formula is C21H15ClF3NO8S. The third kappa shape index (κ3) is 7.26. The van der Waals surface area contributed by atoms with Crippen molar-refractivity contribution in [2.24, 2.45) is 0 Å². The number of nitrogens with zero attached hydrogens (tertiary/aromatic N) is 1. The molecule has 1 unspecified atom stereocenters. The molecule has 2 aromatic carbocycles. The van der Waals surface area contributed by atoms with Crippen molar-refractivity contribution >= 4 is 51.7 Å². The van der Waals surface area contributed by atoms with Crippen LogP contribution in [-0.2, 0) is 25.3 Å². The fourth-order valence-corrected chi connectivity index (χ4v) is 3.54. The Balaban J connectivity index is 2.27. The monoisotopic (exact) mass is 533 g/mol. The number of esters is 1. The highest BCUT2D eigenvalue weighted by Crippen LogP contribution is 2.37. The Morgan fingerprint density at radius 2 is 1.80 bits per heavy atom. The maximum absolute atomic E-state index is 12.8. The van der Waals surface area contributed by atoms with Crippen LogP contribution in [0, 0.1) is 10.1 Å². The van der Waals surface area contributed by atoms with Crippen molar-refractivity contribution in [3.8, 4) is 11.5 Å². The summed E-state index contributed by atoms with van der Waals surface area (Å²) in [7, 11) is 1.08. The summed E-state index contributed by atoms with van der Waals surface area (Å²) in [5.41, 5.74) is -2.31. The molecule has 1 atom stereocenters. The summed E-state index contributed by atoms with van der Waals surface area (Å²) in [6.45, 7) is 1.31. The summed E-state index contributed by atoms with van der Waals surface area (Å²) in [6.07, 6.45) is -5.68. The molecule has 0 fully saturated rings. The molecule has 0 amide bonds. The van der Waals surface area contributed by atoms with Crippen LogP contribution >= 0.6 is 23.4 Å². The maximum Gasteiger partial charge on any atom is 0.416 e. The van der Waals surface area contributed by atoms with E-state index in [0.717, 1.165) is 31.4 Å². The van der Waals surface area contributed by atoms with E-state index >= 15 is 0 Å². The van der Waals surface area contributed by atoms with E-state index in [1.165, 1.54) is 6.92 Å². The van der Waals surface area contributed by atoms with Crippen LogP contribution in [0.25, 0.3) is 0 Å². The number of carbonyl (C=O) groups is 4. The molecule has 2 aromatic rings. The number of benzene rings is 2. The minimum Gasteiger partial charge on any atom is -0.468 e. The number of Topliss-reactive ketones (excluding diaryl/α,β-unsaturated/α-hetero) is 2. The van der Waals surface area contributed by atoms with Crippen LogP contribution in [-0.4, -0.2) is 39.9 Å². The minimum absolute atomic E-state index is 0.201. The zero-order chi connectivity index (χ0) is 26.5. The van der Waals surface area contributed by atoms with Gasteiger partial charge in [0.1, 0.15) is 16.7 Å². The predicted molar refractivity (Wildman–Crippen MR) is 118 cm³/mol. The molecular weight excluding hydrogens is 519 g/mol. The van der Waals surface area contributed by atoms with Crippen LogP contribution < -0.4 is 4.74 Å². The number of rotatable bonds is 9. The standard InChI is InChI=1S/C21H15ClF3NO8S/c1-10(19(29)33-2)35-20(30)17(28)9-16(27)13-8-12(4-5-15(13)26(31)32)34-18-6-3-11(7-14(18)22)21(23,24)25/h3-8,10H,9H2,1-2H3. The van der Waals surface area contributed by atoms with Gasteiger partial charge in [-0.25, -0.2) is 0 Å². The summed E-state index contributed by atoms with van der Waals surface area (Å²) in [4.78, 5) is 58.6. The largest absolute Gasteiger partial charge is 0.468 e. The number of thioether (sulfide) groups is 1. The lowest BCUT2D eigenvalue weighted by Crippen LogP contribution is -2.22. The molecule has 0 aliphatic rings. The summed E-state index contributed by atoms with van der Waals surface area (Å²) in [5, 5.41) is 8.77. The second kappa shape index (κ2) is 11.3. The van der Waals surface area contributed by atoms with Gasteiger partial charge in [-0.1, -0.05) is 23.4 Å². The van der Waals surface area contributed by atoms with Crippen molar-refractivity contribution in [1.82, 2.24) is 0 Å². The number of hydrogen-bond donors (Lipinski definition) is 0. The number of ketones is 2. The molecule has 0 N–H and O–H groups in total. The smallest absolute Gasteiger partial charge is 0.416 e. The van der Waals surface area contributed by atoms with Crippen LogP contribution in [0.1, 0.15) is 29.3 Å². The van der Waals surface area contributed by atoms with E-state index in [9.17, 15) is 42.5 Å². The molecule has 0 radical (unpaired) electrons. The van der Waals surface area contributed by atoms with Crippen LogP contribution in [0.4, 0.5) is 18.9 Å². The first-order chi connectivity index (χ1) is 16.2. The molecule has 0 saturated heterocycles. The fraction of sp³-hybridized carbons (Fsp3) is 0.238. The third-order valence-electron chi connectivity index (χ3n) is 4.32. The maximum atomic E-state index is 12.8. The van der Waals surface area contributed by atoms with E-state index < -0.39 is 67.3 Å². The number of alkyl halides is 3. The summed E-state index contributed by atoms with van der Waals surface area (Å²) in [5.74, 6) is -3.50. The van der Waals surface area contributed by atoms with Crippen molar-refractivity contribution in [3.63, 3.8) is 0 Å². The Hall–Kier alpha value is -3.45. The number of methoxy groups -OCH3 is 1. The second-order valence-corrected chi connectivity index (χ2v) is 8.50. The molecule has 0 spiro atoms. The number of carbonyl (C=O) groups excluding carboxylic acids is 4. The van der Waals surface area contributed by atoms with E-state index in [-0.39, 0.29) is 11.5 Å². The Bertz CT molecular complexity index is 1200. The van der Waals surface area contributed by atoms with E-state index in [1.807, 2.05) is 0 Å². The molecule has 0 bridgehead atoms. The molecule has 14 heteroatoms. The Morgan fingerprint density at radius 1 is 1.14 bits per heavy atom. The zero-order valence-electron chi connectivity index (χ0n) is 17.9.